The van der Waals surface area contributed by atoms with Crippen molar-refractivity contribution in [3.63, 3.8) is 0 Å². The summed E-state index contributed by atoms with van der Waals surface area (Å²) in [6.45, 7) is -0.378. The van der Waals surface area contributed by atoms with E-state index >= 15 is 0 Å². The first-order valence-corrected chi connectivity index (χ1v) is 10.2. The monoisotopic (exact) mass is 492 g/mol. The Morgan fingerprint density at radius 1 is 1.17 bits per heavy atom. The zero-order chi connectivity index (χ0) is 25.1. The second-order valence-electron chi connectivity index (χ2n) is 7.19. The van der Waals surface area contributed by atoms with Crippen LogP contribution in [-0.4, -0.2) is 61.9 Å². The number of benzene rings is 2. The highest BCUT2D eigenvalue weighted by Crippen LogP contribution is 2.37. The second kappa shape index (κ2) is 9.41. The van der Waals surface area contributed by atoms with E-state index in [1.165, 1.54) is 10.9 Å². The number of nitrogens with two attached hydrogens (primary N) is 1. The maximum absolute atomic E-state index is 13.0. The van der Waals surface area contributed by atoms with Gasteiger partial charge in [-0.1, -0.05) is 5.21 Å². The van der Waals surface area contributed by atoms with Crippen LogP contribution in [0, 0.1) is 0 Å². The molecular weight excluding hydrogens is 476 g/mol. The van der Waals surface area contributed by atoms with Gasteiger partial charge in [-0.25, -0.2) is 14.8 Å². The number of nitrogen functional groups attached to an aromatic ring is 1. The minimum Gasteiger partial charge on any atom is -0.482 e. The largest absolute Gasteiger partial charge is 0.482 e. The van der Waals surface area contributed by atoms with Crippen molar-refractivity contribution in [1.82, 2.24) is 30.7 Å². The Bertz CT molecular complexity index is 1460. The maximum atomic E-state index is 13.0. The number of carbonyl (C=O) groups excluding carboxylic acids is 1. The first kappa shape index (κ1) is 22.3. The lowest BCUT2D eigenvalue weighted by Gasteiger charge is -2.07. The van der Waals surface area contributed by atoms with Crippen molar-refractivity contribution in [2.75, 3.05) is 19.1 Å². The van der Waals surface area contributed by atoms with E-state index < -0.39 is 18.5 Å². The van der Waals surface area contributed by atoms with Gasteiger partial charge in [-0.05, 0) is 58.3 Å². The predicted octanol–water partition coefficient (Wildman–Crippen LogP) is 0.856. The Hall–Kier alpha value is -5.47. The average molecular weight is 492 g/mol. The zero-order valence-corrected chi connectivity index (χ0v) is 18.2. The Morgan fingerprint density at radius 2 is 1.97 bits per heavy atom. The quantitative estimate of drug-likeness (QED) is 0.231. The molecule has 1 aliphatic heterocycles. The van der Waals surface area contributed by atoms with Crippen molar-refractivity contribution in [2.45, 2.75) is 0 Å². The van der Waals surface area contributed by atoms with Crippen molar-refractivity contribution < 1.29 is 33.5 Å². The summed E-state index contributed by atoms with van der Waals surface area (Å²) in [5, 5.41) is 27.9. The first-order valence-electron chi connectivity index (χ1n) is 10.2. The minimum absolute atomic E-state index is 0.0444. The number of amides is 1. The molecule has 15 heteroatoms. The number of hydrogen-bond acceptors (Lipinski definition) is 12. The number of aromatic nitrogens is 5. The van der Waals surface area contributed by atoms with Crippen LogP contribution in [0.15, 0.2) is 52.2 Å². The van der Waals surface area contributed by atoms with Crippen LogP contribution in [0.4, 0.5) is 5.82 Å². The third-order valence-electron chi connectivity index (χ3n) is 4.85. The molecule has 5 rings (SSSR count). The van der Waals surface area contributed by atoms with Crippen LogP contribution in [0.2, 0.25) is 0 Å². The Kier molecular flexibility index (Phi) is 5.84. The van der Waals surface area contributed by atoms with Crippen molar-refractivity contribution >= 4 is 23.9 Å². The van der Waals surface area contributed by atoms with Crippen LogP contribution in [0.25, 0.3) is 17.1 Å². The van der Waals surface area contributed by atoms with Gasteiger partial charge >= 0.3 is 5.97 Å². The SMILES string of the molecule is Nc1nonc1-n1nnc(C(=O)N/N=C\c2ccc(OCC(=O)O)cc2)c1-c1ccc2c(c1)OCO2. The van der Waals surface area contributed by atoms with E-state index in [1.807, 2.05) is 0 Å². The van der Waals surface area contributed by atoms with E-state index in [0.717, 1.165) is 0 Å². The topological polar surface area (TPSA) is 202 Å². The average Bonchev–Trinajstić information content (AvgIpc) is 3.62. The molecule has 0 aliphatic carbocycles. The molecule has 0 saturated heterocycles. The number of hydrazone groups is 1. The molecule has 0 radical (unpaired) electrons. The molecule has 4 aromatic rings. The molecule has 1 amide bonds. The molecular formula is C21H16N8O7. The van der Waals surface area contributed by atoms with Gasteiger partial charge < -0.3 is 25.1 Å². The summed E-state index contributed by atoms with van der Waals surface area (Å²) in [6.07, 6.45) is 1.39. The number of carbonyl (C=O) groups is 2. The number of carboxylic acid groups (broad SMARTS) is 1. The fraction of sp³-hybridized carbons (Fsp3) is 0.0952. The van der Waals surface area contributed by atoms with Gasteiger partial charge in [-0.2, -0.15) is 9.78 Å². The first-order chi connectivity index (χ1) is 17.5. The van der Waals surface area contributed by atoms with Gasteiger partial charge in [-0.3, -0.25) is 4.79 Å². The molecule has 0 saturated carbocycles. The third kappa shape index (κ3) is 4.47. The number of carboxylic acids is 1. The molecule has 0 atom stereocenters. The van der Waals surface area contributed by atoms with Crippen molar-refractivity contribution in [3.8, 4) is 34.3 Å². The number of fused-ring (bicyclic) bond motifs is 1. The van der Waals surface area contributed by atoms with Gasteiger partial charge in [-0.15, -0.1) is 5.10 Å². The molecule has 0 spiro atoms. The summed E-state index contributed by atoms with van der Waals surface area (Å²) in [4.78, 5) is 23.6. The number of ether oxygens (including phenoxy) is 3. The molecule has 15 nitrogen and oxygen atoms in total. The minimum atomic E-state index is -1.08. The van der Waals surface area contributed by atoms with E-state index in [9.17, 15) is 9.59 Å². The fourth-order valence-corrected chi connectivity index (χ4v) is 3.24. The van der Waals surface area contributed by atoms with Crippen LogP contribution in [0.5, 0.6) is 17.2 Å². The second-order valence-corrected chi connectivity index (χ2v) is 7.19. The molecule has 0 fully saturated rings. The van der Waals surface area contributed by atoms with E-state index in [-0.39, 0.29) is 29.8 Å². The highest BCUT2D eigenvalue weighted by molar-refractivity contribution is 5.99. The molecule has 0 bridgehead atoms. The summed E-state index contributed by atoms with van der Waals surface area (Å²) in [5.41, 5.74) is 9.52. The van der Waals surface area contributed by atoms with Gasteiger partial charge in [0.05, 0.1) is 6.21 Å². The Labute approximate surface area is 201 Å². The Morgan fingerprint density at radius 3 is 2.72 bits per heavy atom. The summed E-state index contributed by atoms with van der Waals surface area (Å²) >= 11 is 0. The van der Waals surface area contributed by atoms with Gasteiger partial charge in [0.15, 0.2) is 23.8 Å². The van der Waals surface area contributed by atoms with Crippen molar-refractivity contribution in [1.29, 1.82) is 0 Å². The molecule has 36 heavy (non-hydrogen) atoms. The molecule has 0 unspecified atom stereocenters. The number of aliphatic carboxylic acids is 1. The van der Waals surface area contributed by atoms with Gasteiger partial charge in [0.1, 0.15) is 11.4 Å². The number of nitrogens with one attached hydrogen (secondary N) is 1. The Balaban J connectivity index is 1.39. The summed E-state index contributed by atoms with van der Waals surface area (Å²) in [5.74, 6) is -0.345. The molecule has 3 heterocycles. The molecule has 2 aromatic heterocycles. The standard InChI is InChI=1S/C21H16N8O7/c22-19-20(27-36-26-19)29-18(12-3-6-14-15(7-12)35-10-34-14)17(24-28-29)21(32)25-23-8-11-1-4-13(5-2-11)33-9-16(30)31/h1-8H,9-10H2,(H2,22,26)(H,25,32)(H,30,31)/b23-8-. The lowest BCUT2D eigenvalue weighted by Crippen LogP contribution is -2.19. The van der Waals surface area contributed by atoms with E-state index in [1.54, 1.807) is 42.5 Å². The van der Waals surface area contributed by atoms with E-state index in [0.29, 0.717) is 28.4 Å². The molecule has 182 valence electrons. The predicted molar refractivity (Wildman–Crippen MR) is 120 cm³/mol. The highest BCUT2D eigenvalue weighted by atomic mass is 16.7. The third-order valence-corrected chi connectivity index (χ3v) is 4.85. The van der Waals surface area contributed by atoms with Crippen LogP contribution in [-0.2, 0) is 4.79 Å². The smallest absolute Gasteiger partial charge is 0.341 e. The maximum Gasteiger partial charge on any atom is 0.341 e. The lowest BCUT2D eigenvalue weighted by atomic mass is 10.1. The summed E-state index contributed by atoms with van der Waals surface area (Å²) in [6, 6.07) is 11.5. The zero-order valence-electron chi connectivity index (χ0n) is 18.2. The summed E-state index contributed by atoms with van der Waals surface area (Å²) in [7, 11) is 0. The van der Waals surface area contributed by atoms with Crippen molar-refractivity contribution in [3.05, 3.63) is 53.7 Å². The van der Waals surface area contributed by atoms with Gasteiger partial charge in [0.25, 0.3) is 5.91 Å². The number of rotatable bonds is 8. The van der Waals surface area contributed by atoms with Crippen LogP contribution in [0.3, 0.4) is 0 Å². The van der Waals surface area contributed by atoms with Gasteiger partial charge in [0.2, 0.25) is 18.4 Å². The van der Waals surface area contributed by atoms with Crippen molar-refractivity contribution in [2.24, 2.45) is 5.10 Å². The fourth-order valence-electron chi connectivity index (χ4n) is 3.24. The lowest BCUT2D eigenvalue weighted by molar-refractivity contribution is -0.139. The van der Waals surface area contributed by atoms with Gasteiger partial charge in [0, 0.05) is 5.56 Å². The highest BCUT2D eigenvalue weighted by Gasteiger charge is 2.26. The molecule has 4 N–H and O–H groups in total. The van der Waals surface area contributed by atoms with Crippen LogP contribution < -0.4 is 25.4 Å². The summed E-state index contributed by atoms with van der Waals surface area (Å²) < 4.78 is 21.7. The van der Waals surface area contributed by atoms with E-state index in [4.69, 9.17) is 25.1 Å². The molecule has 2 aromatic carbocycles. The molecule has 1 aliphatic rings. The number of anilines is 1. The van der Waals surface area contributed by atoms with E-state index in [2.05, 4.69) is 35.8 Å². The normalized spacial score (nSPS) is 12.1. The number of nitrogens with zero attached hydrogens (tertiary/aromatic N) is 6. The van der Waals surface area contributed by atoms with Crippen LogP contribution in [0.1, 0.15) is 16.1 Å². The van der Waals surface area contributed by atoms with Crippen LogP contribution >= 0.6 is 0 Å². The number of hydrogen-bond donors (Lipinski definition) is 3.